The van der Waals surface area contributed by atoms with Crippen molar-refractivity contribution in [3.8, 4) is 11.4 Å². The fourth-order valence-corrected chi connectivity index (χ4v) is 2.30. The zero-order chi connectivity index (χ0) is 17.8. The Morgan fingerprint density at radius 1 is 1.04 bits per heavy atom. The average molecular weight is 337 g/mol. The van der Waals surface area contributed by atoms with Crippen molar-refractivity contribution in [2.45, 2.75) is 6.92 Å². The van der Waals surface area contributed by atoms with Crippen molar-refractivity contribution in [2.75, 3.05) is 5.32 Å². The van der Waals surface area contributed by atoms with Gasteiger partial charge in [0, 0.05) is 28.6 Å². The molecule has 0 aliphatic heterocycles. The third-order valence-corrected chi connectivity index (χ3v) is 3.51. The van der Waals surface area contributed by atoms with Crippen molar-refractivity contribution in [1.29, 1.82) is 0 Å². The SMILES string of the molecule is Cc1cc(Nc2ccc(C(=O)NN)cc2)nc(-c2ccc(F)cc2)n1. The number of hydrogen-bond acceptors (Lipinski definition) is 5. The van der Waals surface area contributed by atoms with Crippen LogP contribution in [0.4, 0.5) is 15.9 Å². The van der Waals surface area contributed by atoms with Crippen LogP contribution in [0.15, 0.2) is 54.6 Å². The number of nitrogens with zero attached hydrogens (tertiary/aromatic N) is 2. The first-order valence-electron chi connectivity index (χ1n) is 7.55. The number of hydrazine groups is 1. The average Bonchev–Trinajstić information content (AvgIpc) is 2.62. The van der Waals surface area contributed by atoms with E-state index in [4.69, 9.17) is 5.84 Å². The summed E-state index contributed by atoms with van der Waals surface area (Å²) in [5, 5.41) is 3.16. The van der Waals surface area contributed by atoms with Gasteiger partial charge in [0.25, 0.3) is 5.91 Å². The summed E-state index contributed by atoms with van der Waals surface area (Å²) in [6, 6.07) is 14.6. The maximum absolute atomic E-state index is 13.1. The van der Waals surface area contributed by atoms with Crippen molar-refractivity contribution in [2.24, 2.45) is 5.84 Å². The molecule has 6 nitrogen and oxygen atoms in total. The standard InChI is InChI=1S/C18H16FN5O/c1-11-10-16(22-15-8-4-13(5-9-15)18(25)24-20)23-17(21-11)12-2-6-14(19)7-3-12/h2-10H,20H2,1H3,(H,24,25)(H,21,22,23). The maximum atomic E-state index is 13.1. The summed E-state index contributed by atoms with van der Waals surface area (Å²) in [5.41, 5.74) is 4.80. The highest BCUT2D eigenvalue weighted by Crippen LogP contribution is 2.21. The smallest absolute Gasteiger partial charge is 0.265 e. The second-order valence-electron chi connectivity index (χ2n) is 5.40. The lowest BCUT2D eigenvalue weighted by Crippen LogP contribution is -2.29. The van der Waals surface area contributed by atoms with E-state index in [0.717, 1.165) is 16.9 Å². The number of anilines is 2. The van der Waals surface area contributed by atoms with Gasteiger partial charge < -0.3 is 5.32 Å². The van der Waals surface area contributed by atoms with E-state index in [-0.39, 0.29) is 11.7 Å². The second kappa shape index (κ2) is 7.06. The van der Waals surface area contributed by atoms with Crippen LogP contribution in [0.3, 0.4) is 0 Å². The molecule has 0 atom stereocenters. The number of amides is 1. The Balaban J connectivity index is 1.85. The molecule has 1 aromatic heterocycles. The molecule has 4 N–H and O–H groups in total. The number of nitrogens with two attached hydrogens (primary N) is 1. The van der Waals surface area contributed by atoms with Crippen molar-refractivity contribution >= 4 is 17.4 Å². The van der Waals surface area contributed by atoms with Crippen LogP contribution < -0.4 is 16.6 Å². The van der Waals surface area contributed by atoms with Crippen LogP contribution in [0.25, 0.3) is 11.4 Å². The molecule has 3 aromatic rings. The highest BCUT2D eigenvalue weighted by atomic mass is 19.1. The summed E-state index contributed by atoms with van der Waals surface area (Å²) < 4.78 is 13.1. The third-order valence-electron chi connectivity index (χ3n) is 3.51. The van der Waals surface area contributed by atoms with Gasteiger partial charge in [-0.3, -0.25) is 10.2 Å². The van der Waals surface area contributed by atoms with Crippen LogP contribution in [0.1, 0.15) is 16.1 Å². The van der Waals surface area contributed by atoms with Gasteiger partial charge in [-0.2, -0.15) is 0 Å². The number of aryl methyl sites for hydroxylation is 1. The molecule has 1 heterocycles. The fourth-order valence-electron chi connectivity index (χ4n) is 2.30. The molecular formula is C18H16FN5O. The van der Waals surface area contributed by atoms with E-state index in [0.29, 0.717) is 17.2 Å². The van der Waals surface area contributed by atoms with Crippen LogP contribution in [0.2, 0.25) is 0 Å². The number of hydrogen-bond donors (Lipinski definition) is 3. The highest BCUT2D eigenvalue weighted by Gasteiger charge is 2.07. The van der Waals surface area contributed by atoms with E-state index in [1.165, 1.54) is 12.1 Å². The number of rotatable bonds is 4. The predicted molar refractivity (Wildman–Crippen MR) is 93.5 cm³/mol. The summed E-state index contributed by atoms with van der Waals surface area (Å²) in [4.78, 5) is 20.3. The molecule has 25 heavy (non-hydrogen) atoms. The van der Waals surface area contributed by atoms with Gasteiger partial charge in [0.15, 0.2) is 5.82 Å². The second-order valence-corrected chi connectivity index (χ2v) is 5.40. The number of nitrogen functional groups attached to an aromatic ring is 1. The Hall–Kier alpha value is -3.32. The Morgan fingerprint density at radius 3 is 2.36 bits per heavy atom. The van der Waals surface area contributed by atoms with Crippen molar-refractivity contribution in [3.63, 3.8) is 0 Å². The first-order chi connectivity index (χ1) is 12.0. The molecule has 0 radical (unpaired) electrons. The lowest BCUT2D eigenvalue weighted by atomic mass is 10.2. The predicted octanol–water partition coefficient (Wildman–Crippen LogP) is 2.94. The Morgan fingerprint density at radius 2 is 1.72 bits per heavy atom. The number of carbonyl (C=O) groups is 1. The van der Waals surface area contributed by atoms with Crippen molar-refractivity contribution in [1.82, 2.24) is 15.4 Å². The van der Waals surface area contributed by atoms with Gasteiger partial charge in [-0.15, -0.1) is 0 Å². The summed E-state index contributed by atoms with van der Waals surface area (Å²) in [6.07, 6.45) is 0. The lowest BCUT2D eigenvalue weighted by molar-refractivity contribution is 0.0953. The summed E-state index contributed by atoms with van der Waals surface area (Å²) >= 11 is 0. The van der Waals surface area contributed by atoms with Crippen LogP contribution in [-0.4, -0.2) is 15.9 Å². The molecule has 0 unspecified atom stereocenters. The van der Waals surface area contributed by atoms with Crippen LogP contribution in [-0.2, 0) is 0 Å². The van der Waals surface area contributed by atoms with Crippen LogP contribution >= 0.6 is 0 Å². The molecule has 0 spiro atoms. The molecular weight excluding hydrogens is 321 g/mol. The summed E-state index contributed by atoms with van der Waals surface area (Å²) in [6.45, 7) is 1.86. The molecule has 0 aliphatic carbocycles. The van der Waals surface area contributed by atoms with Gasteiger partial charge in [-0.1, -0.05) is 0 Å². The zero-order valence-electron chi connectivity index (χ0n) is 13.5. The highest BCUT2D eigenvalue weighted by molar-refractivity contribution is 5.94. The minimum absolute atomic E-state index is 0.309. The Labute approximate surface area is 143 Å². The molecule has 0 fully saturated rings. The molecule has 7 heteroatoms. The van der Waals surface area contributed by atoms with Crippen molar-refractivity contribution in [3.05, 3.63) is 71.7 Å². The van der Waals surface area contributed by atoms with Gasteiger partial charge in [0.2, 0.25) is 0 Å². The molecule has 2 aromatic carbocycles. The van der Waals surface area contributed by atoms with Crippen LogP contribution in [0.5, 0.6) is 0 Å². The van der Waals surface area contributed by atoms with Gasteiger partial charge in [-0.25, -0.2) is 20.2 Å². The topological polar surface area (TPSA) is 92.9 Å². The number of benzene rings is 2. The van der Waals surface area contributed by atoms with E-state index >= 15 is 0 Å². The largest absolute Gasteiger partial charge is 0.340 e. The van der Waals surface area contributed by atoms with Gasteiger partial charge in [-0.05, 0) is 55.5 Å². The van der Waals surface area contributed by atoms with Gasteiger partial charge in [0.05, 0.1) is 0 Å². The molecule has 3 rings (SSSR count). The van der Waals surface area contributed by atoms with Gasteiger partial charge >= 0.3 is 0 Å². The monoisotopic (exact) mass is 337 g/mol. The van der Waals surface area contributed by atoms with E-state index in [9.17, 15) is 9.18 Å². The number of nitrogens with one attached hydrogen (secondary N) is 2. The van der Waals surface area contributed by atoms with Crippen molar-refractivity contribution < 1.29 is 9.18 Å². The molecule has 0 aliphatic rings. The van der Waals surface area contributed by atoms with E-state index < -0.39 is 0 Å². The first kappa shape index (κ1) is 16.5. The molecule has 0 saturated heterocycles. The quantitative estimate of drug-likeness (QED) is 0.387. The molecule has 0 bridgehead atoms. The maximum Gasteiger partial charge on any atom is 0.265 e. The molecule has 1 amide bonds. The van der Waals surface area contributed by atoms with E-state index in [2.05, 4.69) is 20.7 Å². The molecule has 0 saturated carbocycles. The minimum atomic E-state index is -0.358. The summed E-state index contributed by atoms with van der Waals surface area (Å²) in [7, 11) is 0. The zero-order valence-corrected chi connectivity index (χ0v) is 13.5. The number of halogens is 1. The number of aromatic nitrogens is 2. The summed E-state index contributed by atoms with van der Waals surface area (Å²) in [5.74, 6) is 5.54. The minimum Gasteiger partial charge on any atom is -0.340 e. The van der Waals surface area contributed by atoms with E-state index in [1.807, 2.05) is 6.92 Å². The normalized spacial score (nSPS) is 10.4. The fraction of sp³-hybridized carbons (Fsp3) is 0.0556. The van der Waals surface area contributed by atoms with Crippen LogP contribution in [0, 0.1) is 12.7 Å². The Kier molecular flexibility index (Phi) is 4.67. The number of carbonyl (C=O) groups excluding carboxylic acids is 1. The lowest BCUT2D eigenvalue weighted by Gasteiger charge is -2.09. The van der Waals surface area contributed by atoms with E-state index in [1.54, 1.807) is 42.5 Å². The first-order valence-corrected chi connectivity index (χ1v) is 7.55. The van der Waals surface area contributed by atoms with Gasteiger partial charge in [0.1, 0.15) is 11.6 Å². The molecule has 126 valence electrons. The Bertz CT molecular complexity index is 894. The third kappa shape index (κ3) is 3.96.